The summed E-state index contributed by atoms with van der Waals surface area (Å²) in [7, 11) is -1.71. The van der Waals surface area contributed by atoms with Crippen molar-refractivity contribution in [2.24, 2.45) is 7.05 Å². The van der Waals surface area contributed by atoms with Crippen LogP contribution in [-0.4, -0.2) is 36.7 Å². The van der Waals surface area contributed by atoms with E-state index in [-0.39, 0.29) is 17.1 Å². The third kappa shape index (κ3) is 4.43. The normalized spacial score (nSPS) is 11.5. The van der Waals surface area contributed by atoms with Crippen LogP contribution in [0, 0.1) is 5.82 Å². The molecule has 2 N–H and O–H groups in total. The number of hydrogen-bond donors (Lipinski definition) is 2. The van der Waals surface area contributed by atoms with Crippen molar-refractivity contribution in [1.29, 1.82) is 0 Å². The fraction of sp³-hybridized carbons (Fsp3) is 0.222. The zero-order chi connectivity index (χ0) is 19.6. The number of nitrogens with zero attached hydrogens (tertiary/aromatic N) is 2. The molecular formula is C18H19FN4O3S. The largest absolute Gasteiger partial charge is 0.352 e. The molecular weight excluding hydrogens is 371 g/mol. The van der Waals surface area contributed by atoms with Crippen LogP contribution in [0.4, 0.5) is 10.1 Å². The topological polar surface area (TPSA) is 93.1 Å². The van der Waals surface area contributed by atoms with Crippen LogP contribution in [0.15, 0.2) is 42.5 Å². The summed E-state index contributed by atoms with van der Waals surface area (Å²) in [6, 6.07) is 10.7. The summed E-state index contributed by atoms with van der Waals surface area (Å²) in [5.74, 6) is -0.0228. The van der Waals surface area contributed by atoms with Crippen molar-refractivity contribution in [1.82, 2.24) is 14.9 Å². The molecule has 0 aliphatic heterocycles. The van der Waals surface area contributed by atoms with Gasteiger partial charge in [0.25, 0.3) is 5.91 Å². The third-order valence-corrected chi connectivity index (χ3v) is 4.63. The highest BCUT2D eigenvalue weighted by molar-refractivity contribution is 7.92. The Hall–Kier alpha value is -2.94. The van der Waals surface area contributed by atoms with Crippen molar-refractivity contribution in [3.05, 3.63) is 59.7 Å². The zero-order valence-corrected chi connectivity index (χ0v) is 15.7. The highest BCUT2D eigenvalue weighted by Gasteiger charge is 2.14. The quantitative estimate of drug-likeness (QED) is 0.674. The first kappa shape index (κ1) is 18.8. The Bertz CT molecular complexity index is 1110. The molecule has 0 spiro atoms. The van der Waals surface area contributed by atoms with E-state index in [0.29, 0.717) is 29.8 Å². The zero-order valence-electron chi connectivity index (χ0n) is 14.9. The lowest BCUT2D eigenvalue weighted by molar-refractivity contribution is 0.0955. The third-order valence-electron chi connectivity index (χ3n) is 4.04. The number of carbonyl (C=O) groups is 1. The van der Waals surface area contributed by atoms with Crippen LogP contribution in [0.5, 0.6) is 0 Å². The van der Waals surface area contributed by atoms with Crippen LogP contribution < -0.4 is 10.0 Å². The van der Waals surface area contributed by atoms with Gasteiger partial charge in [-0.25, -0.2) is 17.8 Å². The molecule has 0 bridgehead atoms. The van der Waals surface area contributed by atoms with E-state index in [1.54, 1.807) is 35.9 Å². The second-order valence-electron chi connectivity index (χ2n) is 6.15. The molecule has 3 aromatic rings. The molecule has 0 unspecified atom stereocenters. The number of carbonyl (C=O) groups excluding carboxylic acids is 1. The van der Waals surface area contributed by atoms with Crippen LogP contribution >= 0.6 is 0 Å². The standard InChI is InChI=1S/C18H19FN4O3S/c1-23-16-11-12(19)7-8-15(16)21-17(23)9-10-20-18(24)13-5-3-4-6-14(13)22-27(2,25)26/h3-8,11,22H,9-10H2,1-2H3,(H,20,24). The Morgan fingerprint density at radius 3 is 2.70 bits per heavy atom. The molecule has 1 amide bonds. The number of nitrogens with one attached hydrogen (secondary N) is 2. The maximum absolute atomic E-state index is 13.4. The molecule has 7 nitrogen and oxygen atoms in total. The molecule has 0 radical (unpaired) electrons. The van der Waals surface area contributed by atoms with Crippen LogP contribution in [0.2, 0.25) is 0 Å². The Morgan fingerprint density at radius 1 is 1.22 bits per heavy atom. The lowest BCUT2D eigenvalue weighted by Gasteiger charge is -2.11. The van der Waals surface area contributed by atoms with Gasteiger partial charge in [-0.15, -0.1) is 0 Å². The minimum atomic E-state index is -3.49. The van der Waals surface area contributed by atoms with Crippen molar-refractivity contribution >= 4 is 32.7 Å². The van der Waals surface area contributed by atoms with E-state index in [1.165, 1.54) is 18.2 Å². The number of anilines is 1. The van der Waals surface area contributed by atoms with Gasteiger partial charge in [-0.05, 0) is 30.3 Å². The molecule has 1 heterocycles. The highest BCUT2D eigenvalue weighted by atomic mass is 32.2. The lowest BCUT2D eigenvalue weighted by atomic mass is 10.1. The number of aromatic nitrogens is 2. The van der Waals surface area contributed by atoms with Crippen molar-refractivity contribution in [2.75, 3.05) is 17.5 Å². The van der Waals surface area contributed by atoms with Crippen molar-refractivity contribution < 1.29 is 17.6 Å². The fourth-order valence-corrected chi connectivity index (χ4v) is 3.37. The Balaban J connectivity index is 1.70. The second-order valence-corrected chi connectivity index (χ2v) is 7.89. The van der Waals surface area contributed by atoms with Gasteiger partial charge in [0.05, 0.1) is 28.5 Å². The number of rotatable bonds is 6. The van der Waals surface area contributed by atoms with Gasteiger partial charge in [0, 0.05) is 20.0 Å². The van der Waals surface area contributed by atoms with Crippen LogP contribution in [0.1, 0.15) is 16.2 Å². The van der Waals surface area contributed by atoms with E-state index in [4.69, 9.17) is 0 Å². The second kappa shape index (κ2) is 7.36. The first-order chi connectivity index (χ1) is 12.7. The fourth-order valence-electron chi connectivity index (χ4n) is 2.79. The number of fused-ring (bicyclic) bond motifs is 1. The molecule has 3 rings (SSSR count). The van der Waals surface area contributed by atoms with Gasteiger partial charge < -0.3 is 9.88 Å². The van der Waals surface area contributed by atoms with Crippen LogP contribution in [0.3, 0.4) is 0 Å². The van der Waals surface area contributed by atoms with E-state index in [2.05, 4.69) is 15.0 Å². The Labute approximate surface area is 156 Å². The minimum absolute atomic E-state index is 0.218. The smallest absolute Gasteiger partial charge is 0.253 e. The van der Waals surface area contributed by atoms with Gasteiger partial charge >= 0.3 is 0 Å². The Kier molecular flexibility index (Phi) is 5.13. The van der Waals surface area contributed by atoms with Crippen molar-refractivity contribution in [3.63, 3.8) is 0 Å². The SMILES string of the molecule is Cn1c(CCNC(=O)c2ccccc2NS(C)(=O)=O)nc2ccc(F)cc21. The number of benzene rings is 2. The van der Waals surface area contributed by atoms with Gasteiger partial charge in [0.2, 0.25) is 10.0 Å². The number of imidazole rings is 1. The van der Waals surface area contributed by atoms with Crippen LogP contribution in [0.25, 0.3) is 11.0 Å². The number of sulfonamides is 1. The molecule has 27 heavy (non-hydrogen) atoms. The molecule has 0 aliphatic rings. The molecule has 0 aliphatic carbocycles. The summed E-state index contributed by atoms with van der Waals surface area (Å²) in [4.78, 5) is 16.9. The van der Waals surface area contributed by atoms with Gasteiger partial charge in [0.1, 0.15) is 11.6 Å². The van der Waals surface area contributed by atoms with E-state index in [0.717, 1.165) is 6.26 Å². The summed E-state index contributed by atoms with van der Waals surface area (Å²) in [6.07, 6.45) is 1.47. The predicted molar refractivity (Wildman–Crippen MR) is 102 cm³/mol. The van der Waals surface area contributed by atoms with Gasteiger partial charge in [0.15, 0.2) is 0 Å². The molecule has 142 valence electrons. The predicted octanol–water partition coefficient (Wildman–Crippen LogP) is 2.06. The maximum atomic E-state index is 13.4. The molecule has 0 atom stereocenters. The van der Waals surface area contributed by atoms with Gasteiger partial charge in [-0.3, -0.25) is 9.52 Å². The average Bonchev–Trinajstić information content (AvgIpc) is 2.90. The highest BCUT2D eigenvalue weighted by Crippen LogP contribution is 2.17. The van der Waals surface area contributed by atoms with Crippen LogP contribution in [-0.2, 0) is 23.5 Å². The molecule has 0 fully saturated rings. The lowest BCUT2D eigenvalue weighted by Crippen LogP contribution is -2.27. The molecule has 9 heteroatoms. The summed E-state index contributed by atoms with van der Waals surface area (Å²) < 4.78 is 40.4. The van der Waals surface area contributed by atoms with Gasteiger partial charge in [-0.1, -0.05) is 12.1 Å². The van der Waals surface area contributed by atoms with Gasteiger partial charge in [-0.2, -0.15) is 0 Å². The molecule has 0 saturated carbocycles. The summed E-state index contributed by atoms with van der Waals surface area (Å²) >= 11 is 0. The number of para-hydroxylation sites is 1. The maximum Gasteiger partial charge on any atom is 0.253 e. The molecule has 1 aromatic heterocycles. The van der Waals surface area contributed by atoms with E-state index in [9.17, 15) is 17.6 Å². The number of hydrogen-bond acceptors (Lipinski definition) is 4. The van der Waals surface area contributed by atoms with E-state index < -0.39 is 15.9 Å². The first-order valence-corrected chi connectivity index (χ1v) is 10.1. The summed E-state index contributed by atoms with van der Waals surface area (Å²) in [5, 5.41) is 2.76. The van der Waals surface area contributed by atoms with E-state index >= 15 is 0 Å². The minimum Gasteiger partial charge on any atom is -0.352 e. The number of halogens is 1. The first-order valence-electron chi connectivity index (χ1n) is 8.20. The van der Waals surface area contributed by atoms with Crippen molar-refractivity contribution in [3.8, 4) is 0 Å². The summed E-state index contributed by atoms with van der Waals surface area (Å²) in [6.45, 7) is 0.297. The number of amides is 1. The Morgan fingerprint density at radius 2 is 1.96 bits per heavy atom. The summed E-state index contributed by atoms with van der Waals surface area (Å²) in [5.41, 5.74) is 1.81. The number of aryl methyl sites for hydroxylation is 1. The average molecular weight is 390 g/mol. The molecule has 0 saturated heterocycles. The van der Waals surface area contributed by atoms with E-state index in [1.807, 2.05) is 0 Å². The molecule has 2 aromatic carbocycles. The van der Waals surface area contributed by atoms with Crippen molar-refractivity contribution in [2.45, 2.75) is 6.42 Å². The monoisotopic (exact) mass is 390 g/mol.